The van der Waals surface area contributed by atoms with E-state index in [-0.39, 0.29) is 0 Å². The lowest BCUT2D eigenvalue weighted by Gasteiger charge is -2.15. The van der Waals surface area contributed by atoms with Crippen LogP contribution < -0.4 is 0 Å². The van der Waals surface area contributed by atoms with Crippen LogP contribution in [0.2, 0.25) is 0 Å². The highest BCUT2D eigenvalue weighted by Gasteiger charge is 2.31. The molecule has 1 aliphatic rings. The Bertz CT molecular complexity index is 308. The number of hydrogen-bond donors (Lipinski definition) is 0. The predicted molar refractivity (Wildman–Crippen MR) is 58.4 cm³/mol. The van der Waals surface area contributed by atoms with Gasteiger partial charge in [-0.3, -0.25) is 4.68 Å². The first-order valence-corrected chi connectivity index (χ1v) is 5.73. The summed E-state index contributed by atoms with van der Waals surface area (Å²) in [6.07, 6.45) is 5.52. The molecule has 1 aromatic heterocycles. The lowest BCUT2D eigenvalue weighted by molar-refractivity contribution is 0.414. The van der Waals surface area contributed by atoms with Crippen molar-refractivity contribution in [1.82, 2.24) is 9.78 Å². The normalized spacial score (nSPS) is 32.4. The van der Waals surface area contributed by atoms with E-state index < -0.39 is 0 Å². The first-order valence-electron chi connectivity index (χ1n) is 5.29. The Morgan fingerprint density at radius 2 is 2.36 bits per heavy atom. The number of rotatable bonds is 2. The highest BCUT2D eigenvalue weighted by molar-refractivity contribution is 6.20. The molecule has 0 aromatic carbocycles. The minimum absolute atomic E-state index is 0.378. The van der Waals surface area contributed by atoms with Crippen molar-refractivity contribution in [2.24, 2.45) is 18.9 Å². The van der Waals surface area contributed by atoms with Crippen molar-refractivity contribution in [3.05, 3.63) is 18.0 Å². The molecule has 0 radical (unpaired) electrons. The average molecular weight is 213 g/mol. The molecule has 1 aliphatic carbocycles. The zero-order chi connectivity index (χ0) is 10.1. The maximum atomic E-state index is 6.20. The SMILES string of the molecule is CC1C(Cl)CCC1Cc1ccn(C)n1. The van der Waals surface area contributed by atoms with Crippen molar-refractivity contribution in [2.45, 2.75) is 31.6 Å². The van der Waals surface area contributed by atoms with Crippen molar-refractivity contribution >= 4 is 11.6 Å². The van der Waals surface area contributed by atoms with Gasteiger partial charge in [0.1, 0.15) is 0 Å². The van der Waals surface area contributed by atoms with Gasteiger partial charge in [-0.05, 0) is 37.2 Å². The van der Waals surface area contributed by atoms with Crippen LogP contribution in [-0.4, -0.2) is 15.2 Å². The molecular formula is C11H17ClN2. The molecule has 1 saturated carbocycles. The molecule has 3 unspecified atom stereocenters. The second-order valence-corrected chi connectivity index (χ2v) is 4.96. The van der Waals surface area contributed by atoms with Gasteiger partial charge in [-0.2, -0.15) is 5.10 Å². The molecule has 0 N–H and O–H groups in total. The molecular weight excluding hydrogens is 196 g/mol. The van der Waals surface area contributed by atoms with Crippen LogP contribution in [-0.2, 0) is 13.5 Å². The Hall–Kier alpha value is -0.500. The van der Waals surface area contributed by atoms with E-state index in [1.807, 2.05) is 17.9 Å². The molecule has 1 heterocycles. The first kappa shape index (κ1) is 10.0. The van der Waals surface area contributed by atoms with Crippen LogP contribution >= 0.6 is 11.6 Å². The number of aryl methyl sites for hydroxylation is 1. The van der Waals surface area contributed by atoms with Gasteiger partial charge >= 0.3 is 0 Å². The van der Waals surface area contributed by atoms with Crippen LogP contribution in [0.25, 0.3) is 0 Å². The number of nitrogens with zero attached hydrogens (tertiary/aromatic N) is 2. The van der Waals surface area contributed by atoms with E-state index in [0.29, 0.717) is 11.3 Å². The Kier molecular flexibility index (Phi) is 2.82. The predicted octanol–water partition coefficient (Wildman–Crippen LogP) is 2.62. The zero-order valence-corrected chi connectivity index (χ0v) is 9.54. The van der Waals surface area contributed by atoms with E-state index in [9.17, 15) is 0 Å². The highest BCUT2D eigenvalue weighted by Crippen LogP contribution is 2.36. The molecule has 2 rings (SSSR count). The summed E-state index contributed by atoms with van der Waals surface area (Å²) in [7, 11) is 1.96. The summed E-state index contributed by atoms with van der Waals surface area (Å²) in [6, 6.07) is 2.11. The van der Waals surface area contributed by atoms with Gasteiger partial charge in [0.15, 0.2) is 0 Å². The summed E-state index contributed by atoms with van der Waals surface area (Å²) < 4.78 is 1.87. The van der Waals surface area contributed by atoms with Crippen LogP contribution in [0.15, 0.2) is 12.3 Å². The smallest absolute Gasteiger partial charge is 0.0627 e. The molecule has 0 aliphatic heterocycles. The van der Waals surface area contributed by atoms with E-state index in [4.69, 9.17) is 11.6 Å². The number of alkyl halides is 1. The lowest BCUT2D eigenvalue weighted by Crippen LogP contribution is -2.13. The minimum atomic E-state index is 0.378. The van der Waals surface area contributed by atoms with Crippen LogP contribution in [0, 0.1) is 11.8 Å². The third kappa shape index (κ3) is 1.95. The molecule has 0 spiro atoms. The molecule has 0 saturated heterocycles. The van der Waals surface area contributed by atoms with E-state index in [1.165, 1.54) is 18.5 Å². The minimum Gasteiger partial charge on any atom is -0.276 e. The number of halogens is 1. The van der Waals surface area contributed by atoms with Gasteiger partial charge in [0.05, 0.1) is 5.69 Å². The Labute approximate surface area is 90.3 Å². The summed E-state index contributed by atoms with van der Waals surface area (Å²) in [5, 5.41) is 4.79. The van der Waals surface area contributed by atoms with E-state index >= 15 is 0 Å². The summed E-state index contributed by atoms with van der Waals surface area (Å²) in [5.74, 6) is 1.37. The fraction of sp³-hybridized carbons (Fsp3) is 0.727. The highest BCUT2D eigenvalue weighted by atomic mass is 35.5. The molecule has 2 nitrogen and oxygen atoms in total. The number of hydrogen-bond acceptors (Lipinski definition) is 1. The summed E-state index contributed by atoms with van der Waals surface area (Å²) in [4.78, 5) is 0. The van der Waals surface area contributed by atoms with Crippen molar-refractivity contribution < 1.29 is 0 Å². The number of aromatic nitrogens is 2. The maximum Gasteiger partial charge on any atom is 0.0627 e. The van der Waals surface area contributed by atoms with E-state index in [1.54, 1.807) is 0 Å². The van der Waals surface area contributed by atoms with Crippen LogP contribution in [0.4, 0.5) is 0 Å². The maximum absolute atomic E-state index is 6.20. The van der Waals surface area contributed by atoms with Gasteiger partial charge in [0.2, 0.25) is 0 Å². The quantitative estimate of drug-likeness (QED) is 0.690. The van der Waals surface area contributed by atoms with Crippen molar-refractivity contribution in [1.29, 1.82) is 0 Å². The molecule has 1 aromatic rings. The topological polar surface area (TPSA) is 17.8 Å². The summed E-state index contributed by atoms with van der Waals surface area (Å²) in [5.41, 5.74) is 1.20. The molecule has 78 valence electrons. The van der Waals surface area contributed by atoms with Gasteiger partial charge < -0.3 is 0 Å². The summed E-state index contributed by atoms with van der Waals surface area (Å²) >= 11 is 6.20. The molecule has 1 fully saturated rings. The van der Waals surface area contributed by atoms with Gasteiger partial charge in [-0.15, -0.1) is 11.6 Å². The van der Waals surface area contributed by atoms with Crippen molar-refractivity contribution in [3.63, 3.8) is 0 Å². The van der Waals surface area contributed by atoms with E-state index in [2.05, 4.69) is 18.1 Å². The van der Waals surface area contributed by atoms with Gasteiger partial charge in [-0.1, -0.05) is 6.92 Å². The molecule has 3 atom stereocenters. The molecule has 3 heteroatoms. The van der Waals surface area contributed by atoms with Gasteiger partial charge in [0.25, 0.3) is 0 Å². The Morgan fingerprint density at radius 3 is 2.86 bits per heavy atom. The lowest BCUT2D eigenvalue weighted by atomic mass is 9.93. The zero-order valence-electron chi connectivity index (χ0n) is 8.78. The third-order valence-electron chi connectivity index (χ3n) is 3.37. The van der Waals surface area contributed by atoms with E-state index in [0.717, 1.165) is 12.3 Å². The van der Waals surface area contributed by atoms with Crippen LogP contribution in [0.5, 0.6) is 0 Å². The Morgan fingerprint density at radius 1 is 1.57 bits per heavy atom. The molecule has 0 bridgehead atoms. The van der Waals surface area contributed by atoms with Crippen molar-refractivity contribution in [3.8, 4) is 0 Å². The fourth-order valence-electron chi connectivity index (χ4n) is 2.32. The molecule has 0 amide bonds. The first-order chi connectivity index (χ1) is 6.66. The second-order valence-electron chi connectivity index (χ2n) is 4.40. The van der Waals surface area contributed by atoms with Crippen molar-refractivity contribution in [2.75, 3.05) is 0 Å². The Balaban J connectivity index is 1.98. The monoisotopic (exact) mass is 212 g/mol. The summed E-state index contributed by atoms with van der Waals surface area (Å²) in [6.45, 7) is 2.26. The molecule has 14 heavy (non-hydrogen) atoms. The fourth-order valence-corrected chi connectivity index (χ4v) is 2.65. The van der Waals surface area contributed by atoms with Gasteiger partial charge in [0, 0.05) is 18.6 Å². The second kappa shape index (κ2) is 3.93. The van der Waals surface area contributed by atoms with Crippen LogP contribution in [0.1, 0.15) is 25.5 Å². The third-order valence-corrected chi connectivity index (χ3v) is 3.98. The average Bonchev–Trinajstić information content (AvgIpc) is 2.67. The standard InChI is InChI=1S/C11H17ClN2/c1-8-9(3-4-11(8)12)7-10-5-6-14(2)13-10/h5-6,8-9,11H,3-4,7H2,1-2H3. The largest absolute Gasteiger partial charge is 0.276 e. The van der Waals surface area contributed by atoms with Crippen LogP contribution in [0.3, 0.4) is 0 Å². The van der Waals surface area contributed by atoms with Gasteiger partial charge in [-0.25, -0.2) is 0 Å².